The average Bonchev–Trinajstić information content (AvgIpc) is 3.10. The van der Waals surface area contributed by atoms with E-state index in [9.17, 15) is 19.2 Å². The first-order valence-corrected chi connectivity index (χ1v) is 15.3. The minimum absolute atomic E-state index is 0.00401. The van der Waals surface area contributed by atoms with Crippen LogP contribution in [0.1, 0.15) is 50.7 Å². The Morgan fingerprint density at radius 1 is 1.23 bits per heavy atom. The molecule has 4 unspecified atom stereocenters. The number of hydrogen-bond acceptors (Lipinski definition) is 7. The van der Waals surface area contributed by atoms with Crippen LogP contribution in [0.5, 0.6) is 5.75 Å². The monoisotopic (exact) mass is 590 g/mol. The molecule has 0 aromatic heterocycles. The Labute approximate surface area is 243 Å². The van der Waals surface area contributed by atoms with Gasteiger partial charge in [-0.3, -0.25) is 9.52 Å². The second kappa shape index (κ2) is 13.5. The number of ether oxygens (including phenoxy) is 2. The summed E-state index contributed by atoms with van der Waals surface area (Å²) in [6.45, 7) is 7.11. The highest BCUT2D eigenvalue weighted by atomic mass is 35.5. The maximum absolute atomic E-state index is 13.2. The fourth-order valence-electron chi connectivity index (χ4n) is 5.18. The van der Waals surface area contributed by atoms with E-state index in [2.05, 4.69) is 16.5 Å². The molecule has 1 amide bonds. The van der Waals surface area contributed by atoms with Crippen LogP contribution < -0.4 is 14.4 Å². The van der Waals surface area contributed by atoms with Crippen molar-refractivity contribution in [3.63, 3.8) is 0 Å². The van der Waals surface area contributed by atoms with E-state index in [1.807, 2.05) is 24.3 Å². The predicted molar refractivity (Wildman–Crippen MR) is 157 cm³/mol. The van der Waals surface area contributed by atoms with Crippen LogP contribution in [-0.4, -0.2) is 64.9 Å². The highest BCUT2D eigenvalue weighted by Crippen LogP contribution is 2.38. The molecule has 4 rings (SSSR count). The summed E-state index contributed by atoms with van der Waals surface area (Å²) in [6, 6.07) is 11.0. The lowest BCUT2D eigenvalue weighted by molar-refractivity contribution is -0.139. The molecule has 0 spiro atoms. The molecule has 0 saturated heterocycles. The summed E-state index contributed by atoms with van der Waals surface area (Å²) in [5, 5.41) is 21.2. The number of carbonyl (C=O) groups is 1. The van der Waals surface area contributed by atoms with Gasteiger partial charge < -0.3 is 24.6 Å². The Balaban J connectivity index is 1.73. The zero-order chi connectivity index (χ0) is 28.9. The largest absolute Gasteiger partial charge is 0.491 e. The Hall–Kier alpha value is -2.43. The Kier molecular flexibility index (Phi) is 10.3. The maximum Gasteiger partial charge on any atom is 0.263 e. The molecule has 2 aliphatic heterocycles. The Morgan fingerprint density at radius 2 is 2.02 bits per heavy atom. The van der Waals surface area contributed by atoms with Crippen LogP contribution in [0.15, 0.2) is 53.4 Å². The predicted octanol–water partition coefficient (Wildman–Crippen LogP) is 4.14. The number of hydrogen-bond donors (Lipinski definition) is 3. The second-order valence-electron chi connectivity index (χ2n) is 10.8. The number of anilines is 1. The van der Waals surface area contributed by atoms with Gasteiger partial charge in [0.1, 0.15) is 11.4 Å². The quantitative estimate of drug-likeness (QED) is 0.459. The summed E-state index contributed by atoms with van der Waals surface area (Å²) in [5.41, 5.74) is 1.60. The molecule has 2 aliphatic rings. The van der Waals surface area contributed by atoms with Crippen LogP contribution in [0.25, 0.3) is 0 Å². The third-order valence-electron chi connectivity index (χ3n) is 7.67. The molecule has 0 fully saturated rings. The van der Waals surface area contributed by atoms with Crippen molar-refractivity contribution < 1.29 is 28.7 Å². The Morgan fingerprint density at radius 3 is 2.77 bits per heavy atom. The van der Waals surface area contributed by atoms with Crippen molar-refractivity contribution in [2.75, 3.05) is 37.8 Å². The summed E-state index contributed by atoms with van der Waals surface area (Å²) in [6.07, 6.45) is 4.77. The van der Waals surface area contributed by atoms with Gasteiger partial charge in [-0.05, 0) is 74.1 Å². The van der Waals surface area contributed by atoms with E-state index in [1.54, 1.807) is 38.1 Å². The van der Waals surface area contributed by atoms with Crippen molar-refractivity contribution in [2.24, 2.45) is 5.92 Å². The number of carbonyl (C=O) groups excluding carboxylic acids is 1. The van der Waals surface area contributed by atoms with Gasteiger partial charge in [0.05, 0.1) is 29.9 Å². The van der Waals surface area contributed by atoms with Crippen molar-refractivity contribution in [3.8, 4) is 5.75 Å². The second-order valence-corrected chi connectivity index (χ2v) is 12.4. The number of nitrogens with one attached hydrogen (secondary N) is 1. The SMILES string of the molecule is CCC1CCN2CC(c3ccc(Cl)cc3CCO)COc3ccc(cc32)S(=O)NC(=O)C(C)(C)OC/C=C/C1O. The molecule has 218 valence electrons. The number of aliphatic hydroxyl groups excluding tert-OH is 2. The molecule has 3 N–H and O–H groups in total. The summed E-state index contributed by atoms with van der Waals surface area (Å²) in [7, 11) is -1.81. The highest BCUT2D eigenvalue weighted by molar-refractivity contribution is 7.83. The number of nitrogens with zero attached hydrogens (tertiary/aromatic N) is 1. The molecule has 4 atom stereocenters. The first kappa shape index (κ1) is 30.5. The molecule has 8 nitrogen and oxygen atoms in total. The number of amides is 1. The lowest BCUT2D eigenvalue weighted by Crippen LogP contribution is -2.45. The van der Waals surface area contributed by atoms with E-state index in [-0.39, 0.29) is 25.0 Å². The molecule has 0 saturated carbocycles. The molecule has 10 heteroatoms. The van der Waals surface area contributed by atoms with E-state index >= 15 is 0 Å². The molecule has 2 heterocycles. The van der Waals surface area contributed by atoms with Crippen molar-refractivity contribution in [2.45, 2.75) is 62.6 Å². The van der Waals surface area contributed by atoms with Gasteiger partial charge in [0, 0.05) is 30.6 Å². The van der Waals surface area contributed by atoms with E-state index in [4.69, 9.17) is 21.1 Å². The molecule has 40 heavy (non-hydrogen) atoms. The van der Waals surface area contributed by atoms with E-state index in [0.29, 0.717) is 48.2 Å². The zero-order valence-corrected chi connectivity index (χ0v) is 24.8. The van der Waals surface area contributed by atoms with Gasteiger partial charge in [-0.1, -0.05) is 43.2 Å². The fourth-order valence-corrected chi connectivity index (χ4v) is 6.31. The summed E-state index contributed by atoms with van der Waals surface area (Å²) >= 11 is 6.28. The summed E-state index contributed by atoms with van der Waals surface area (Å²) in [4.78, 5) is 15.6. The molecular formula is C30H39ClN2O6S. The molecule has 2 aromatic rings. The zero-order valence-electron chi connectivity index (χ0n) is 23.3. The lowest BCUT2D eigenvalue weighted by atomic mass is 9.92. The van der Waals surface area contributed by atoms with Gasteiger partial charge >= 0.3 is 0 Å². The van der Waals surface area contributed by atoms with Gasteiger partial charge in [0.25, 0.3) is 5.91 Å². The van der Waals surface area contributed by atoms with Crippen molar-refractivity contribution in [1.29, 1.82) is 0 Å². The van der Waals surface area contributed by atoms with Gasteiger partial charge in [0.15, 0.2) is 11.0 Å². The van der Waals surface area contributed by atoms with Crippen molar-refractivity contribution >= 4 is 34.2 Å². The van der Waals surface area contributed by atoms with Crippen LogP contribution in [0.4, 0.5) is 5.69 Å². The third-order valence-corrected chi connectivity index (χ3v) is 8.96. The summed E-state index contributed by atoms with van der Waals surface area (Å²) < 4.78 is 27.8. The number of halogens is 1. The number of fused-ring (bicyclic) bond motifs is 1. The summed E-state index contributed by atoms with van der Waals surface area (Å²) in [5.74, 6) is 0.142. The number of aliphatic hydroxyl groups is 2. The third kappa shape index (κ3) is 7.25. The molecule has 0 radical (unpaired) electrons. The number of benzene rings is 2. The van der Waals surface area contributed by atoms with Crippen LogP contribution >= 0.6 is 11.6 Å². The van der Waals surface area contributed by atoms with Crippen LogP contribution in [0, 0.1) is 5.92 Å². The highest BCUT2D eigenvalue weighted by Gasteiger charge is 2.31. The molecule has 2 aromatic carbocycles. The minimum atomic E-state index is -1.81. The van der Waals surface area contributed by atoms with Crippen molar-refractivity contribution in [3.05, 3.63) is 64.7 Å². The molecular weight excluding hydrogens is 552 g/mol. The standard InChI is InChI=1S/C30H39ClN2O6S/c1-4-20-11-13-33-18-22(25-9-7-23(31)16-21(25)12-14-34)19-38-28-10-8-24(17-26(28)33)40(37)32-29(36)30(2,3)39-15-5-6-27(20)35/h5-10,16-17,20,22,27,34-35H,4,11-15,18-19H2,1-3H3,(H,32,36)/b6-5+. The average molecular weight is 591 g/mol. The fraction of sp³-hybridized carbons (Fsp3) is 0.500. The smallest absolute Gasteiger partial charge is 0.263 e. The van der Waals surface area contributed by atoms with Gasteiger partial charge in [-0.15, -0.1) is 0 Å². The Bertz CT molecular complexity index is 1250. The first-order chi connectivity index (χ1) is 19.1. The molecule has 2 bridgehead atoms. The van der Waals surface area contributed by atoms with Crippen LogP contribution in [0.3, 0.4) is 0 Å². The molecule has 0 aliphatic carbocycles. The van der Waals surface area contributed by atoms with Gasteiger partial charge in [-0.2, -0.15) is 0 Å². The van der Waals surface area contributed by atoms with Gasteiger partial charge in [0.2, 0.25) is 0 Å². The number of rotatable bonds is 4. The van der Waals surface area contributed by atoms with E-state index in [0.717, 1.165) is 23.2 Å². The van der Waals surface area contributed by atoms with Crippen LogP contribution in [0.2, 0.25) is 5.02 Å². The van der Waals surface area contributed by atoms with E-state index in [1.165, 1.54) is 0 Å². The van der Waals surface area contributed by atoms with Gasteiger partial charge in [-0.25, -0.2) is 4.21 Å². The normalized spacial score (nSPS) is 26.4. The van der Waals surface area contributed by atoms with Crippen molar-refractivity contribution in [1.82, 2.24) is 4.72 Å². The topological polar surface area (TPSA) is 108 Å². The van der Waals surface area contributed by atoms with E-state index < -0.39 is 28.6 Å². The first-order valence-electron chi connectivity index (χ1n) is 13.8. The lowest BCUT2D eigenvalue weighted by Gasteiger charge is -2.30. The minimum Gasteiger partial charge on any atom is -0.491 e. The van der Waals surface area contributed by atoms with Crippen LogP contribution in [-0.2, 0) is 26.9 Å². The maximum atomic E-state index is 13.2.